The topological polar surface area (TPSA) is 41.3 Å². The molecule has 56 valence electrons. The van der Waals surface area contributed by atoms with Crippen LogP contribution in [-0.4, -0.2) is 31.7 Å². The van der Waals surface area contributed by atoms with Gasteiger partial charge in [-0.25, -0.2) is 5.01 Å². The number of hydrazine groups is 1. The summed E-state index contributed by atoms with van der Waals surface area (Å²) in [6.45, 7) is 4.88. The molecule has 0 unspecified atom stereocenters. The first kappa shape index (κ1) is 8.88. The highest BCUT2D eigenvalue weighted by atomic mass is 15.5. The molecule has 0 fully saturated rings. The molecule has 0 saturated carbocycles. The summed E-state index contributed by atoms with van der Waals surface area (Å²) in [5.74, 6) is 0. The summed E-state index contributed by atoms with van der Waals surface area (Å²) < 4.78 is 0. The smallest absolute Gasteiger partial charge is 0.0139 e. The molecule has 0 radical (unpaired) electrons. The van der Waals surface area contributed by atoms with Gasteiger partial charge in [-0.05, 0) is 13.0 Å². The second kappa shape index (κ2) is 6.01. The number of hydrogen-bond donors (Lipinski definition) is 2. The summed E-state index contributed by atoms with van der Waals surface area (Å²) in [6, 6.07) is 0. The molecular weight excluding hydrogens is 114 g/mol. The Morgan fingerprint density at radius 3 is 2.67 bits per heavy atom. The number of nitrogens with two attached hydrogens (primary N) is 1. The molecule has 0 amide bonds. The van der Waals surface area contributed by atoms with Crippen molar-refractivity contribution in [3.63, 3.8) is 0 Å². The van der Waals surface area contributed by atoms with Gasteiger partial charge < -0.3 is 5.73 Å². The first-order valence-electron chi connectivity index (χ1n) is 3.46. The van der Waals surface area contributed by atoms with Crippen molar-refractivity contribution >= 4 is 0 Å². The Hall–Kier alpha value is -0.120. The lowest BCUT2D eigenvalue weighted by molar-refractivity contribution is 0.240. The predicted molar refractivity (Wildman–Crippen MR) is 40.0 cm³/mol. The lowest BCUT2D eigenvalue weighted by atomic mass is 10.4. The van der Waals surface area contributed by atoms with Gasteiger partial charge in [-0.3, -0.25) is 5.43 Å². The average molecular weight is 131 g/mol. The monoisotopic (exact) mass is 131 g/mol. The normalized spacial score (nSPS) is 10.7. The van der Waals surface area contributed by atoms with Crippen LogP contribution in [0.1, 0.15) is 13.3 Å². The van der Waals surface area contributed by atoms with E-state index < -0.39 is 0 Å². The summed E-state index contributed by atoms with van der Waals surface area (Å²) in [5.41, 5.74) is 8.48. The van der Waals surface area contributed by atoms with Crippen LogP contribution in [0.4, 0.5) is 0 Å². The maximum Gasteiger partial charge on any atom is 0.0139 e. The van der Waals surface area contributed by atoms with E-state index in [4.69, 9.17) is 5.73 Å². The second-order valence-corrected chi connectivity index (χ2v) is 2.08. The van der Waals surface area contributed by atoms with Crippen LogP contribution in [-0.2, 0) is 0 Å². The van der Waals surface area contributed by atoms with E-state index in [1.165, 1.54) is 0 Å². The Labute approximate surface area is 57.2 Å². The number of nitrogens with zero attached hydrogens (tertiary/aromatic N) is 1. The Balaban J connectivity index is 2.95. The number of nitrogens with one attached hydrogen (secondary N) is 1. The van der Waals surface area contributed by atoms with Crippen LogP contribution >= 0.6 is 0 Å². The number of rotatable bonds is 5. The first-order valence-corrected chi connectivity index (χ1v) is 3.46. The Morgan fingerprint density at radius 1 is 1.56 bits per heavy atom. The van der Waals surface area contributed by atoms with Crippen molar-refractivity contribution in [2.24, 2.45) is 5.73 Å². The molecule has 3 nitrogen and oxygen atoms in total. The van der Waals surface area contributed by atoms with Gasteiger partial charge in [-0.1, -0.05) is 6.92 Å². The zero-order chi connectivity index (χ0) is 7.11. The van der Waals surface area contributed by atoms with Crippen molar-refractivity contribution in [2.45, 2.75) is 13.3 Å². The van der Waals surface area contributed by atoms with Crippen LogP contribution in [0.3, 0.4) is 0 Å². The van der Waals surface area contributed by atoms with Crippen LogP contribution in [0, 0.1) is 0 Å². The quantitative estimate of drug-likeness (QED) is 0.507. The first-order chi connectivity index (χ1) is 4.31. The van der Waals surface area contributed by atoms with E-state index in [-0.39, 0.29) is 0 Å². The standard InChI is InChI=1S/C6H17N3/c1-3-8-9(2)6-4-5-7/h8H,3-7H2,1-2H3. The Kier molecular flexibility index (Phi) is 5.93. The minimum absolute atomic E-state index is 0.774. The Morgan fingerprint density at radius 2 is 2.22 bits per heavy atom. The fraction of sp³-hybridized carbons (Fsp3) is 1.00. The van der Waals surface area contributed by atoms with Crippen LogP contribution < -0.4 is 11.2 Å². The lowest BCUT2D eigenvalue weighted by Crippen LogP contribution is -2.35. The minimum Gasteiger partial charge on any atom is -0.330 e. The molecule has 0 heterocycles. The third-order valence-corrected chi connectivity index (χ3v) is 1.13. The molecule has 0 aromatic carbocycles. The van der Waals surface area contributed by atoms with Crippen molar-refractivity contribution in [3.8, 4) is 0 Å². The second-order valence-electron chi connectivity index (χ2n) is 2.08. The molecule has 0 aromatic heterocycles. The largest absolute Gasteiger partial charge is 0.330 e. The highest BCUT2D eigenvalue weighted by Gasteiger charge is 1.91. The van der Waals surface area contributed by atoms with Gasteiger partial charge in [0, 0.05) is 20.1 Å². The average Bonchev–Trinajstić information content (AvgIpc) is 1.85. The summed E-state index contributed by atoms with van der Waals surface area (Å²) in [6.07, 6.45) is 1.06. The predicted octanol–water partition coefficient (Wildman–Crippen LogP) is -0.208. The van der Waals surface area contributed by atoms with Crippen molar-refractivity contribution in [3.05, 3.63) is 0 Å². The van der Waals surface area contributed by atoms with Gasteiger partial charge >= 0.3 is 0 Å². The van der Waals surface area contributed by atoms with Gasteiger partial charge in [0.05, 0.1) is 0 Å². The van der Waals surface area contributed by atoms with Crippen LogP contribution in [0.25, 0.3) is 0 Å². The van der Waals surface area contributed by atoms with Crippen LogP contribution in [0.15, 0.2) is 0 Å². The van der Waals surface area contributed by atoms with Gasteiger partial charge in [-0.15, -0.1) is 0 Å². The van der Waals surface area contributed by atoms with E-state index in [0.717, 1.165) is 26.1 Å². The van der Waals surface area contributed by atoms with Crippen molar-refractivity contribution in [1.29, 1.82) is 0 Å². The molecule has 0 aromatic rings. The van der Waals surface area contributed by atoms with Gasteiger partial charge in [0.15, 0.2) is 0 Å². The fourth-order valence-corrected chi connectivity index (χ4v) is 0.677. The van der Waals surface area contributed by atoms with Crippen LogP contribution in [0.2, 0.25) is 0 Å². The highest BCUT2D eigenvalue weighted by molar-refractivity contribution is 4.44. The molecule has 3 heteroatoms. The maximum atomic E-state index is 5.32. The van der Waals surface area contributed by atoms with Crippen LogP contribution in [0.5, 0.6) is 0 Å². The summed E-state index contributed by atoms with van der Waals surface area (Å²) in [5, 5.41) is 2.06. The van der Waals surface area contributed by atoms with Gasteiger partial charge in [0.2, 0.25) is 0 Å². The molecule has 9 heavy (non-hydrogen) atoms. The molecule has 0 aliphatic carbocycles. The SMILES string of the molecule is CCNN(C)CCCN. The molecule has 0 atom stereocenters. The van der Waals surface area contributed by atoms with E-state index >= 15 is 0 Å². The summed E-state index contributed by atoms with van der Waals surface area (Å²) >= 11 is 0. The summed E-state index contributed by atoms with van der Waals surface area (Å²) in [7, 11) is 2.03. The molecule has 0 spiro atoms. The Bertz CT molecular complexity index is 56.3. The molecular formula is C6H17N3. The molecule has 0 saturated heterocycles. The van der Waals surface area contributed by atoms with Crippen molar-refractivity contribution < 1.29 is 0 Å². The van der Waals surface area contributed by atoms with E-state index in [9.17, 15) is 0 Å². The van der Waals surface area contributed by atoms with E-state index in [1.807, 2.05) is 7.05 Å². The highest BCUT2D eigenvalue weighted by Crippen LogP contribution is 1.78. The summed E-state index contributed by atoms with van der Waals surface area (Å²) in [4.78, 5) is 0. The molecule has 0 rings (SSSR count). The lowest BCUT2D eigenvalue weighted by Gasteiger charge is -2.15. The van der Waals surface area contributed by atoms with Crippen molar-refractivity contribution in [2.75, 3.05) is 26.7 Å². The van der Waals surface area contributed by atoms with Gasteiger partial charge in [0.25, 0.3) is 0 Å². The van der Waals surface area contributed by atoms with E-state index in [0.29, 0.717) is 0 Å². The van der Waals surface area contributed by atoms with E-state index in [2.05, 4.69) is 17.4 Å². The van der Waals surface area contributed by atoms with Gasteiger partial charge in [-0.2, -0.15) is 0 Å². The maximum absolute atomic E-state index is 5.32. The molecule has 0 bridgehead atoms. The fourth-order valence-electron chi connectivity index (χ4n) is 0.677. The third kappa shape index (κ3) is 5.76. The molecule has 0 aliphatic rings. The number of hydrogen-bond acceptors (Lipinski definition) is 3. The zero-order valence-electron chi connectivity index (χ0n) is 6.35. The molecule has 0 aliphatic heterocycles. The van der Waals surface area contributed by atoms with Gasteiger partial charge in [0.1, 0.15) is 0 Å². The van der Waals surface area contributed by atoms with Crippen molar-refractivity contribution in [1.82, 2.24) is 10.4 Å². The third-order valence-electron chi connectivity index (χ3n) is 1.13. The van der Waals surface area contributed by atoms with E-state index in [1.54, 1.807) is 0 Å². The molecule has 3 N–H and O–H groups in total. The minimum atomic E-state index is 0.774. The zero-order valence-corrected chi connectivity index (χ0v) is 6.35.